The van der Waals surface area contributed by atoms with Crippen molar-refractivity contribution < 1.29 is 14.3 Å². The first-order valence-corrected chi connectivity index (χ1v) is 8.86. The maximum absolute atomic E-state index is 12.6. The quantitative estimate of drug-likeness (QED) is 0.834. The van der Waals surface area contributed by atoms with Gasteiger partial charge in [0.15, 0.2) is 5.78 Å². The SMILES string of the molecule is COc1ccc2c(c1)OC1(CCN(c3nnc(C)s3)CC1)CC2=O. The lowest BCUT2D eigenvalue weighted by molar-refractivity contribution is 0.0230. The third kappa shape index (κ3) is 2.62. The van der Waals surface area contributed by atoms with Crippen LogP contribution in [0.3, 0.4) is 0 Å². The number of Topliss-reactive ketones (excluding diaryl/α,β-unsaturated/α-hetero) is 1. The third-order valence-corrected chi connectivity index (χ3v) is 5.66. The van der Waals surface area contributed by atoms with Gasteiger partial charge in [-0.2, -0.15) is 0 Å². The van der Waals surface area contributed by atoms with Gasteiger partial charge >= 0.3 is 0 Å². The van der Waals surface area contributed by atoms with Crippen molar-refractivity contribution in [3.63, 3.8) is 0 Å². The van der Waals surface area contributed by atoms with Crippen LogP contribution in [-0.2, 0) is 0 Å². The minimum Gasteiger partial charge on any atom is -0.497 e. The Morgan fingerprint density at radius 2 is 2.08 bits per heavy atom. The van der Waals surface area contributed by atoms with Crippen molar-refractivity contribution in [3.8, 4) is 11.5 Å². The number of hydrogen-bond acceptors (Lipinski definition) is 7. The monoisotopic (exact) mass is 345 g/mol. The number of anilines is 1. The molecule has 2 aromatic rings. The summed E-state index contributed by atoms with van der Waals surface area (Å²) in [6.45, 7) is 3.60. The number of piperidine rings is 1. The van der Waals surface area contributed by atoms with Crippen molar-refractivity contribution in [1.29, 1.82) is 0 Å². The molecule has 0 N–H and O–H groups in total. The van der Waals surface area contributed by atoms with Crippen molar-refractivity contribution in [2.75, 3.05) is 25.1 Å². The van der Waals surface area contributed by atoms with Gasteiger partial charge < -0.3 is 14.4 Å². The molecular formula is C17H19N3O3S. The van der Waals surface area contributed by atoms with Gasteiger partial charge in [0, 0.05) is 32.0 Å². The fraction of sp³-hybridized carbons (Fsp3) is 0.471. The number of methoxy groups -OCH3 is 1. The number of ether oxygens (including phenoxy) is 2. The second-order valence-corrected chi connectivity index (χ2v) is 7.50. The topological polar surface area (TPSA) is 64.6 Å². The molecule has 1 aromatic carbocycles. The van der Waals surface area contributed by atoms with E-state index in [1.54, 1.807) is 30.6 Å². The minimum atomic E-state index is -0.410. The van der Waals surface area contributed by atoms with E-state index in [4.69, 9.17) is 9.47 Å². The van der Waals surface area contributed by atoms with Crippen molar-refractivity contribution >= 4 is 22.3 Å². The highest BCUT2D eigenvalue weighted by Crippen LogP contribution is 2.41. The van der Waals surface area contributed by atoms with Crippen LogP contribution < -0.4 is 14.4 Å². The number of ketones is 1. The summed E-state index contributed by atoms with van der Waals surface area (Å²) >= 11 is 1.60. The summed E-state index contributed by atoms with van der Waals surface area (Å²) in [7, 11) is 1.62. The third-order valence-electron chi connectivity index (χ3n) is 4.76. The second-order valence-electron chi connectivity index (χ2n) is 6.34. The average Bonchev–Trinajstić information content (AvgIpc) is 3.01. The maximum atomic E-state index is 12.6. The summed E-state index contributed by atoms with van der Waals surface area (Å²) in [5, 5.41) is 10.2. The lowest BCUT2D eigenvalue weighted by Crippen LogP contribution is -2.51. The van der Waals surface area contributed by atoms with E-state index >= 15 is 0 Å². The zero-order valence-electron chi connectivity index (χ0n) is 13.7. The number of fused-ring (bicyclic) bond motifs is 1. The Bertz CT molecular complexity index is 781. The molecule has 6 nitrogen and oxygen atoms in total. The van der Waals surface area contributed by atoms with E-state index in [0.29, 0.717) is 23.5 Å². The summed E-state index contributed by atoms with van der Waals surface area (Å²) in [6.07, 6.45) is 2.04. The van der Waals surface area contributed by atoms with E-state index in [1.807, 2.05) is 13.0 Å². The first-order valence-electron chi connectivity index (χ1n) is 8.04. The minimum absolute atomic E-state index is 0.152. The molecule has 0 atom stereocenters. The van der Waals surface area contributed by atoms with Crippen LogP contribution in [0.4, 0.5) is 5.13 Å². The van der Waals surface area contributed by atoms with E-state index < -0.39 is 5.60 Å². The highest BCUT2D eigenvalue weighted by Gasteiger charge is 2.43. The van der Waals surface area contributed by atoms with Gasteiger partial charge in [-0.05, 0) is 19.1 Å². The summed E-state index contributed by atoms with van der Waals surface area (Å²) in [6, 6.07) is 5.41. The van der Waals surface area contributed by atoms with Crippen LogP contribution in [0, 0.1) is 6.92 Å². The molecule has 0 amide bonds. The highest BCUT2D eigenvalue weighted by molar-refractivity contribution is 7.15. The Balaban J connectivity index is 1.54. The number of hydrogen-bond donors (Lipinski definition) is 0. The second kappa shape index (κ2) is 5.73. The molecule has 1 aromatic heterocycles. The summed E-state index contributed by atoms with van der Waals surface area (Å²) < 4.78 is 11.6. The van der Waals surface area contributed by atoms with E-state index in [1.165, 1.54) is 0 Å². The zero-order chi connectivity index (χ0) is 16.7. The number of aryl methyl sites for hydroxylation is 1. The normalized spacial score (nSPS) is 19.1. The maximum Gasteiger partial charge on any atom is 0.208 e. The van der Waals surface area contributed by atoms with Gasteiger partial charge in [0.1, 0.15) is 22.1 Å². The van der Waals surface area contributed by atoms with Crippen LogP contribution in [0.5, 0.6) is 11.5 Å². The molecule has 24 heavy (non-hydrogen) atoms. The number of rotatable bonds is 2. The van der Waals surface area contributed by atoms with Crippen molar-refractivity contribution in [1.82, 2.24) is 10.2 Å². The standard InChI is InChI=1S/C17H19N3O3S/c1-11-18-19-16(24-11)20-7-5-17(6-8-20)10-14(21)13-4-3-12(22-2)9-15(13)23-17/h3-4,9H,5-8,10H2,1-2H3. The van der Waals surface area contributed by atoms with Gasteiger partial charge in [0.25, 0.3) is 0 Å². The molecule has 0 unspecified atom stereocenters. The van der Waals surface area contributed by atoms with Crippen LogP contribution in [0.2, 0.25) is 0 Å². The number of benzene rings is 1. The lowest BCUT2D eigenvalue weighted by atomic mass is 9.82. The van der Waals surface area contributed by atoms with Crippen LogP contribution in [0.25, 0.3) is 0 Å². The van der Waals surface area contributed by atoms with Gasteiger partial charge in [0.2, 0.25) is 5.13 Å². The van der Waals surface area contributed by atoms with Crippen molar-refractivity contribution in [2.24, 2.45) is 0 Å². The Morgan fingerprint density at radius 3 is 2.75 bits per heavy atom. The van der Waals surface area contributed by atoms with Crippen LogP contribution >= 0.6 is 11.3 Å². The number of nitrogens with zero attached hydrogens (tertiary/aromatic N) is 3. The number of carbonyl (C=O) groups excluding carboxylic acids is 1. The van der Waals surface area contributed by atoms with E-state index in [2.05, 4.69) is 15.1 Å². The first-order chi connectivity index (χ1) is 11.6. The van der Waals surface area contributed by atoms with Crippen LogP contribution in [0.1, 0.15) is 34.6 Å². The lowest BCUT2D eigenvalue weighted by Gasteiger charge is -2.43. The molecule has 0 bridgehead atoms. The van der Waals surface area contributed by atoms with E-state index in [9.17, 15) is 4.79 Å². The molecule has 0 aliphatic carbocycles. The molecule has 1 saturated heterocycles. The predicted molar refractivity (Wildman–Crippen MR) is 91.4 cm³/mol. The molecule has 2 aliphatic heterocycles. The highest BCUT2D eigenvalue weighted by atomic mass is 32.1. The Morgan fingerprint density at radius 1 is 1.29 bits per heavy atom. The first kappa shape index (κ1) is 15.4. The molecule has 0 radical (unpaired) electrons. The smallest absolute Gasteiger partial charge is 0.208 e. The van der Waals surface area contributed by atoms with Crippen molar-refractivity contribution in [2.45, 2.75) is 31.8 Å². The van der Waals surface area contributed by atoms with E-state index in [0.717, 1.165) is 36.1 Å². The fourth-order valence-electron chi connectivity index (χ4n) is 3.40. The van der Waals surface area contributed by atoms with Gasteiger partial charge in [-0.3, -0.25) is 4.79 Å². The zero-order valence-corrected chi connectivity index (χ0v) is 14.6. The predicted octanol–water partition coefficient (Wildman–Crippen LogP) is 2.86. The molecule has 1 fully saturated rings. The van der Waals surface area contributed by atoms with Crippen LogP contribution in [0.15, 0.2) is 18.2 Å². The number of carbonyl (C=O) groups is 1. The van der Waals surface area contributed by atoms with Gasteiger partial charge in [-0.15, -0.1) is 10.2 Å². The van der Waals surface area contributed by atoms with Gasteiger partial charge in [-0.25, -0.2) is 0 Å². The van der Waals surface area contributed by atoms with Crippen LogP contribution in [-0.4, -0.2) is 41.8 Å². The molecule has 1 spiro atoms. The number of aromatic nitrogens is 2. The molecule has 4 rings (SSSR count). The fourth-order valence-corrected chi connectivity index (χ4v) is 4.14. The van der Waals surface area contributed by atoms with E-state index in [-0.39, 0.29) is 5.78 Å². The largest absolute Gasteiger partial charge is 0.497 e. The molecular weight excluding hydrogens is 326 g/mol. The molecule has 0 saturated carbocycles. The Hall–Kier alpha value is -2.15. The summed E-state index contributed by atoms with van der Waals surface area (Å²) in [5.74, 6) is 1.50. The summed E-state index contributed by atoms with van der Waals surface area (Å²) in [5.41, 5.74) is 0.246. The molecule has 126 valence electrons. The Labute approximate surface area is 144 Å². The Kier molecular flexibility index (Phi) is 3.68. The molecule has 7 heteroatoms. The molecule has 3 heterocycles. The average molecular weight is 345 g/mol. The molecule has 2 aliphatic rings. The summed E-state index contributed by atoms with van der Waals surface area (Å²) in [4.78, 5) is 14.8. The van der Waals surface area contributed by atoms with Crippen molar-refractivity contribution in [3.05, 3.63) is 28.8 Å². The van der Waals surface area contributed by atoms with Gasteiger partial charge in [-0.1, -0.05) is 11.3 Å². The van der Waals surface area contributed by atoms with Gasteiger partial charge in [0.05, 0.1) is 19.1 Å².